The Morgan fingerprint density at radius 1 is 0.971 bits per heavy atom. The van der Waals surface area contributed by atoms with Crippen LogP contribution in [0.5, 0.6) is 0 Å². The van der Waals surface area contributed by atoms with Gasteiger partial charge in [0.2, 0.25) is 5.89 Å². The van der Waals surface area contributed by atoms with Crippen molar-refractivity contribution in [3.63, 3.8) is 0 Å². The zero-order chi connectivity index (χ0) is 23.8. The maximum Gasteiger partial charge on any atom is 0.258 e. The van der Waals surface area contributed by atoms with Gasteiger partial charge >= 0.3 is 0 Å². The van der Waals surface area contributed by atoms with Crippen LogP contribution in [0.25, 0.3) is 33.3 Å². The highest BCUT2D eigenvalue weighted by Crippen LogP contribution is 2.29. The smallest absolute Gasteiger partial charge is 0.258 e. The van der Waals surface area contributed by atoms with Gasteiger partial charge in [-0.05, 0) is 84.4 Å². The second kappa shape index (κ2) is 9.00. The van der Waals surface area contributed by atoms with E-state index in [-0.39, 0.29) is 11.0 Å². The Balaban J connectivity index is 1.38. The Bertz CT molecular complexity index is 1590. The van der Waals surface area contributed by atoms with Crippen molar-refractivity contribution in [1.82, 2.24) is 10.3 Å². The summed E-state index contributed by atoms with van der Waals surface area (Å²) < 4.78 is 6.87. The van der Waals surface area contributed by atoms with Crippen molar-refractivity contribution in [2.24, 2.45) is 0 Å². The molecule has 0 fully saturated rings. The van der Waals surface area contributed by atoms with Crippen molar-refractivity contribution in [3.05, 3.63) is 94.0 Å². The number of oxazole rings is 1. The molecular formula is C27H20BrN3O2S. The molecule has 34 heavy (non-hydrogen) atoms. The van der Waals surface area contributed by atoms with E-state index in [2.05, 4.69) is 31.5 Å². The molecule has 168 valence electrons. The van der Waals surface area contributed by atoms with Crippen molar-refractivity contribution in [1.29, 1.82) is 0 Å². The number of benzene rings is 4. The zero-order valence-corrected chi connectivity index (χ0v) is 20.9. The Morgan fingerprint density at radius 3 is 2.62 bits per heavy atom. The van der Waals surface area contributed by atoms with Gasteiger partial charge in [0, 0.05) is 21.3 Å². The van der Waals surface area contributed by atoms with E-state index in [9.17, 15) is 4.79 Å². The minimum absolute atomic E-state index is 0.213. The fraction of sp³-hybridized carbons (Fsp3) is 0.0741. The summed E-state index contributed by atoms with van der Waals surface area (Å²) in [5.74, 6) is 0.254. The molecule has 4 aromatic carbocycles. The molecule has 0 unspecified atom stereocenters. The second-order valence-electron chi connectivity index (χ2n) is 8.07. The first kappa shape index (κ1) is 22.3. The largest absolute Gasteiger partial charge is 0.436 e. The third-order valence-electron chi connectivity index (χ3n) is 5.62. The van der Waals surface area contributed by atoms with E-state index >= 15 is 0 Å². The predicted octanol–water partition coefficient (Wildman–Crippen LogP) is 7.15. The van der Waals surface area contributed by atoms with E-state index in [1.165, 1.54) is 0 Å². The molecule has 1 aromatic heterocycles. The van der Waals surface area contributed by atoms with E-state index in [1.54, 1.807) is 6.07 Å². The standard InChI is InChI=1S/C27H20BrN3O2S/c1-15-9-12-24-23(13-15)29-26(33-24)17-11-10-16(2)22(14-17)30-27(34)31-25(32)20-7-3-6-19-18(20)5-4-8-21(19)28/h3-14H,1-2H3,(H2,30,31,32,34). The molecule has 0 aliphatic carbocycles. The molecule has 0 aliphatic rings. The maximum absolute atomic E-state index is 13.0. The first-order valence-corrected chi connectivity index (χ1v) is 11.9. The average Bonchev–Trinajstić information content (AvgIpc) is 3.23. The average molecular weight is 530 g/mol. The van der Waals surface area contributed by atoms with Crippen molar-refractivity contribution >= 4 is 66.7 Å². The fourth-order valence-electron chi connectivity index (χ4n) is 3.84. The number of fused-ring (bicyclic) bond motifs is 2. The lowest BCUT2D eigenvalue weighted by Gasteiger charge is -2.13. The Labute approximate surface area is 210 Å². The van der Waals surface area contributed by atoms with E-state index in [4.69, 9.17) is 16.6 Å². The SMILES string of the molecule is Cc1ccc2oc(-c3ccc(C)c(NC(=S)NC(=O)c4cccc5c(Br)cccc45)c3)nc2c1. The number of hydrogen-bond donors (Lipinski definition) is 2. The van der Waals surface area contributed by atoms with Crippen LogP contribution >= 0.6 is 28.1 Å². The summed E-state index contributed by atoms with van der Waals surface area (Å²) in [6, 6.07) is 23.1. The number of anilines is 1. The highest BCUT2D eigenvalue weighted by Gasteiger charge is 2.14. The van der Waals surface area contributed by atoms with E-state index in [1.807, 2.05) is 80.6 Å². The topological polar surface area (TPSA) is 67.2 Å². The molecule has 5 nitrogen and oxygen atoms in total. The summed E-state index contributed by atoms with van der Waals surface area (Å²) in [4.78, 5) is 17.6. The van der Waals surface area contributed by atoms with Gasteiger partial charge in [-0.25, -0.2) is 4.98 Å². The third-order valence-corrected chi connectivity index (χ3v) is 6.51. The van der Waals surface area contributed by atoms with Gasteiger partial charge in [0.1, 0.15) is 5.52 Å². The van der Waals surface area contributed by atoms with E-state index in [0.717, 1.165) is 48.7 Å². The van der Waals surface area contributed by atoms with Gasteiger partial charge in [-0.1, -0.05) is 52.3 Å². The molecule has 2 N–H and O–H groups in total. The van der Waals surface area contributed by atoms with Gasteiger partial charge in [-0.2, -0.15) is 0 Å². The number of nitrogens with one attached hydrogen (secondary N) is 2. The van der Waals surface area contributed by atoms with Crippen molar-refractivity contribution in [2.75, 3.05) is 5.32 Å². The van der Waals surface area contributed by atoms with Crippen LogP contribution in [-0.2, 0) is 0 Å². The van der Waals surface area contributed by atoms with Crippen LogP contribution in [0, 0.1) is 13.8 Å². The number of carbonyl (C=O) groups excluding carboxylic acids is 1. The molecule has 0 aliphatic heterocycles. The van der Waals surface area contributed by atoms with Crippen LogP contribution in [0.3, 0.4) is 0 Å². The molecule has 5 rings (SSSR count). The molecule has 0 bridgehead atoms. The summed E-state index contributed by atoms with van der Waals surface area (Å²) in [6.45, 7) is 3.99. The molecule has 0 radical (unpaired) electrons. The summed E-state index contributed by atoms with van der Waals surface area (Å²) >= 11 is 9.00. The maximum atomic E-state index is 13.0. The van der Waals surface area contributed by atoms with Crippen LogP contribution in [0.2, 0.25) is 0 Å². The first-order chi connectivity index (χ1) is 16.4. The molecule has 7 heteroatoms. The summed E-state index contributed by atoms with van der Waals surface area (Å²) in [7, 11) is 0. The number of nitrogens with zero attached hydrogens (tertiary/aromatic N) is 1. The molecular weight excluding hydrogens is 510 g/mol. The quantitative estimate of drug-likeness (QED) is 0.243. The number of aromatic nitrogens is 1. The summed E-state index contributed by atoms with van der Waals surface area (Å²) in [6.07, 6.45) is 0. The Morgan fingerprint density at radius 2 is 1.76 bits per heavy atom. The van der Waals surface area contributed by atoms with Gasteiger partial charge in [0.05, 0.1) is 0 Å². The summed E-state index contributed by atoms with van der Waals surface area (Å²) in [5, 5.41) is 7.97. The van der Waals surface area contributed by atoms with Gasteiger partial charge < -0.3 is 9.73 Å². The van der Waals surface area contributed by atoms with Crippen LogP contribution in [0.4, 0.5) is 5.69 Å². The lowest BCUT2D eigenvalue weighted by atomic mass is 10.0. The molecule has 1 heterocycles. The highest BCUT2D eigenvalue weighted by atomic mass is 79.9. The van der Waals surface area contributed by atoms with Gasteiger partial charge in [0.25, 0.3) is 5.91 Å². The molecule has 0 atom stereocenters. The van der Waals surface area contributed by atoms with E-state index in [0.29, 0.717) is 11.5 Å². The minimum Gasteiger partial charge on any atom is -0.436 e. The van der Waals surface area contributed by atoms with Crippen LogP contribution < -0.4 is 10.6 Å². The van der Waals surface area contributed by atoms with Crippen molar-refractivity contribution in [2.45, 2.75) is 13.8 Å². The number of rotatable bonds is 3. The molecule has 5 aromatic rings. The number of hydrogen-bond acceptors (Lipinski definition) is 4. The zero-order valence-electron chi connectivity index (χ0n) is 18.5. The molecule has 0 saturated carbocycles. The fourth-order valence-corrected chi connectivity index (χ4v) is 4.55. The third kappa shape index (κ3) is 4.32. The highest BCUT2D eigenvalue weighted by molar-refractivity contribution is 9.10. The molecule has 0 spiro atoms. The van der Waals surface area contributed by atoms with Crippen LogP contribution in [0.15, 0.2) is 81.7 Å². The number of thiocarbonyl (C=S) groups is 1. The Kier molecular flexibility index (Phi) is 5.89. The van der Waals surface area contributed by atoms with Crippen molar-refractivity contribution in [3.8, 4) is 11.5 Å². The number of halogens is 1. The first-order valence-electron chi connectivity index (χ1n) is 10.7. The van der Waals surface area contributed by atoms with Gasteiger partial charge in [-0.3, -0.25) is 10.1 Å². The lowest BCUT2D eigenvalue weighted by molar-refractivity contribution is 0.0979. The normalized spacial score (nSPS) is 11.0. The summed E-state index contributed by atoms with van der Waals surface area (Å²) in [5.41, 5.74) is 5.78. The molecule has 1 amide bonds. The monoisotopic (exact) mass is 529 g/mol. The predicted molar refractivity (Wildman–Crippen MR) is 144 cm³/mol. The van der Waals surface area contributed by atoms with Crippen LogP contribution in [-0.4, -0.2) is 16.0 Å². The number of carbonyl (C=O) groups is 1. The van der Waals surface area contributed by atoms with E-state index < -0.39 is 0 Å². The van der Waals surface area contributed by atoms with Gasteiger partial charge in [0.15, 0.2) is 10.7 Å². The minimum atomic E-state index is -0.274. The van der Waals surface area contributed by atoms with Crippen molar-refractivity contribution < 1.29 is 9.21 Å². The van der Waals surface area contributed by atoms with Gasteiger partial charge in [-0.15, -0.1) is 0 Å². The second-order valence-corrected chi connectivity index (χ2v) is 9.33. The lowest BCUT2D eigenvalue weighted by Crippen LogP contribution is -2.34. The number of amides is 1. The molecule has 0 saturated heterocycles. The number of aryl methyl sites for hydroxylation is 2. The Hall–Kier alpha value is -3.55. The van der Waals surface area contributed by atoms with Crippen LogP contribution in [0.1, 0.15) is 21.5 Å².